The van der Waals surface area contributed by atoms with Gasteiger partial charge in [-0.2, -0.15) is 0 Å². The molecule has 0 bridgehead atoms. The van der Waals surface area contributed by atoms with Crippen LogP contribution in [-0.4, -0.2) is 37.5 Å². The third kappa shape index (κ3) is 11.7. The first-order chi connectivity index (χ1) is 27.0. The molecule has 0 saturated heterocycles. The third-order valence-corrected chi connectivity index (χ3v) is 9.07. The molecule has 0 heterocycles. The largest absolute Gasteiger partial charge is 0.457 e. The van der Waals surface area contributed by atoms with Crippen molar-refractivity contribution in [2.75, 3.05) is 13.6 Å². The minimum Gasteiger partial charge on any atom is -0.457 e. The van der Waals surface area contributed by atoms with E-state index in [1.807, 2.05) is 48.5 Å². The van der Waals surface area contributed by atoms with E-state index >= 15 is 0 Å². The standard InChI is InChI=1S/C46H44O10/c1-32(2)44(49)53-30-51-38-18-8-34(9-19-38)12-26-42(47)55-40-22-14-36(15-23-40)46(28-6-5-7-29-46)37-16-24-41(25-17-37)56-43(48)27-13-35-10-20-39(21-11-35)52-31-54-45(50)33(3)4/h8-27H,1,3,5-7,28-31H2,2,4H3. The number of carbonyl (C=O) groups excluding carboxylic acids is 4. The van der Waals surface area contributed by atoms with E-state index in [2.05, 4.69) is 13.2 Å². The molecule has 0 unspecified atom stereocenters. The molecule has 10 nitrogen and oxygen atoms in total. The molecule has 1 saturated carbocycles. The monoisotopic (exact) mass is 756 g/mol. The molecule has 0 atom stereocenters. The first-order valence-corrected chi connectivity index (χ1v) is 18.1. The van der Waals surface area contributed by atoms with E-state index in [-0.39, 0.29) is 30.1 Å². The van der Waals surface area contributed by atoms with Crippen molar-refractivity contribution < 1.29 is 47.6 Å². The Bertz CT molecular complexity index is 1920. The van der Waals surface area contributed by atoms with Crippen molar-refractivity contribution in [1.29, 1.82) is 0 Å². The van der Waals surface area contributed by atoms with Gasteiger partial charge < -0.3 is 28.4 Å². The summed E-state index contributed by atoms with van der Waals surface area (Å²) in [6.45, 7) is 9.70. The Balaban J connectivity index is 1.14. The Morgan fingerprint density at radius 2 is 0.893 bits per heavy atom. The normalized spacial score (nSPS) is 13.4. The van der Waals surface area contributed by atoms with Gasteiger partial charge in [0.05, 0.1) is 0 Å². The molecule has 4 aromatic rings. The second-order valence-electron chi connectivity index (χ2n) is 13.3. The van der Waals surface area contributed by atoms with Gasteiger partial charge in [0.1, 0.15) is 23.0 Å². The zero-order valence-corrected chi connectivity index (χ0v) is 31.5. The van der Waals surface area contributed by atoms with E-state index < -0.39 is 23.9 Å². The van der Waals surface area contributed by atoms with Gasteiger partial charge in [-0.25, -0.2) is 19.2 Å². The van der Waals surface area contributed by atoms with E-state index in [1.165, 1.54) is 12.2 Å². The fourth-order valence-corrected chi connectivity index (χ4v) is 6.11. The summed E-state index contributed by atoms with van der Waals surface area (Å²) >= 11 is 0. The second kappa shape index (κ2) is 19.6. The van der Waals surface area contributed by atoms with Gasteiger partial charge in [0, 0.05) is 28.7 Å². The van der Waals surface area contributed by atoms with Gasteiger partial charge in [0.15, 0.2) is 0 Å². The van der Waals surface area contributed by atoms with E-state index in [0.717, 1.165) is 54.4 Å². The lowest BCUT2D eigenvalue weighted by Crippen LogP contribution is -2.30. The van der Waals surface area contributed by atoms with Gasteiger partial charge >= 0.3 is 23.9 Å². The lowest BCUT2D eigenvalue weighted by molar-refractivity contribution is -0.146. The number of hydrogen-bond donors (Lipinski definition) is 0. The molecule has 1 fully saturated rings. The minimum absolute atomic E-state index is 0.229. The molecule has 0 spiro atoms. The molecule has 4 aromatic carbocycles. The smallest absolute Gasteiger partial charge is 0.336 e. The molecule has 0 aromatic heterocycles. The van der Waals surface area contributed by atoms with Gasteiger partial charge in [-0.05, 0) is 110 Å². The minimum atomic E-state index is -0.527. The van der Waals surface area contributed by atoms with Crippen LogP contribution >= 0.6 is 0 Å². The zero-order valence-electron chi connectivity index (χ0n) is 31.5. The van der Waals surface area contributed by atoms with Crippen LogP contribution in [-0.2, 0) is 34.1 Å². The third-order valence-electron chi connectivity index (χ3n) is 9.07. The summed E-state index contributed by atoms with van der Waals surface area (Å²) in [5, 5.41) is 0. The Morgan fingerprint density at radius 3 is 1.25 bits per heavy atom. The fourth-order valence-electron chi connectivity index (χ4n) is 6.11. The van der Waals surface area contributed by atoms with Crippen molar-refractivity contribution in [3.63, 3.8) is 0 Å². The Morgan fingerprint density at radius 1 is 0.536 bits per heavy atom. The summed E-state index contributed by atoms with van der Waals surface area (Å²) in [6, 6.07) is 29.2. The Kier molecular flexibility index (Phi) is 14.2. The summed E-state index contributed by atoms with van der Waals surface area (Å²) in [6.07, 6.45) is 11.2. The number of ether oxygens (including phenoxy) is 6. The lowest BCUT2D eigenvalue weighted by atomic mass is 9.65. The Labute approximate surface area is 326 Å². The van der Waals surface area contributed by atoms with Crippen LogP contribution in [0.3, 0.4) is 0 Å². The van der Waals surface area contributed by atoms with E-state index in [0.29, 0.717) is 23.0 Å². The predicted octanol–water partition coefficient (Wildman–Crippen LogP) is 9.09. The van der Waals surface area contributed by atoms with Crippen molar-refractivity contribution in [3.8, 4) is 23.0 Å². The first kappa shape index (κ1) is 40.5. The second-order valence-corrected chi connectivity index (χ2v) is 13.3. The number of carbonyl (C=O) groups is 4. The Hall–Kier alpha value is -6.68. The topological polar surface area (TPSA) is 124 Å². The maximum atomic E-state index is 12.6. The highest BCUT2D eigenvalue weighted by Crippen LogP contribution is 2.45. The molecule has 288 valence electrons. The van der Waals surface area contributed by atoms with Crippen LogP contribution in [0, 0.1) is 0 Å². The summed E-state index contributed by atoms with van der Waals surface area (Å²) in [4.78, 5) is 48.2. The van der Waals surface area contributed by atoms with Crippen molar-refractivity contribution in [2.24, 2.45) is 0 Å². The van der Waals surface area contributed by atoms with Crippen molar-refractivity contribution >= 4 is 36.0 Å². The molecule has 1 aliphatic rings. The van der Waals surface area contributed by atoms with E-state index in [4.69, 9.17) is 28.4 Å². The SMILES string of the molecule is C=C(C)C(=O)OCOc1ccc(C=CC(=O)Oc2ccc(C3(c4ccc(OC(=O)C=Cc5ccc(OCOC(=O)C(=C)C)cc5)cc4)CCCCC3)cc2)cc1. The number of rotatable bonds is 16. The van der Waals surface area contributed by atoms with Crippen LogP contribution in [0.15, 0.2) is 134 Å². The first-order valence-electron chi connectivity index (χ1n) is 18.1. The average Bonchev–Trinajstić information content (AvgIpc) is 3.21. The van der Waals surface area contributed by atoms with Crippen LogP contribution in [0.2, 0.25) is 0 Å². The van der Waals surface area contributed by atoms with Crippen LogP contribution in [0.1, 0.15) is 68.2 Å². The van der Waals surface area contributed by atoms with Crippen LogP contribution in [0.25, 0.3) is 12.2 Å². The number of esters is 4. The summed E-state index contributed by atoms with van der Waals surface area (Å²) < 4.78 is 31.8. The van der Waals surface area contributed by atoms with E-state index in [9.17, 15) is 19.2 Å². The van der Waals surface area contributed by atoms with Gasteiger partial charge in [-0.3, -0.25) is 0 Å². The quantitative estimate of drug-likeness (QED) is 0.0473. The molecule has 5 rings (SSSR count). The van der Waals surface area contributed by atoms with Gasteiger partial charge in [-0.15, -0.1) is 0 Å². The number of benzene rings is 4. The molecule has 0 radical (unpaired) electrons. The van der Waals surface area contributed by atoms with Crippen LogP contribution in [0.4, 0.5) is 0 Å². The average molecular weight is 757 g/mol. The van der Waals surface area contributed by atoms with Crippen molar-refractivity contribution in [2.45, 2.75) is 51.4 Å². The van der Waals surface area contributed by atoms with Gasteiger partial charge in [-0.1, -0.05) is 81.0 Å². The number of hydrogen-bond acceptors (Lipinski definition) is 10. The highest BCUT2D eigenvalue weighted by Gasteiger charge is 2.35. The van der Waals surface area contributed by atoms with Gasteiger partial charge in [0.2, 0.25) is 13.6 Å². The molecule has 0 aliphatic heterocycles. The zero-order chi connectivity index (χ0) is 39.9. The van der Waals surface area contributed by atoms with Crippen molar-refractivity contribution in [3.05, 3.63) is 156 Å². The molecule has 0 amide bonds. The highest BCUT2D eigenvalue weighted by molar-refractivity contribution is 5.89. The molecular weight excluding hydrogens is 712 g/mol. The fraction of sp³-hybridized carbons (Fsp3) is 0.217. The highest BCUT2D eigenvalue weighted by atomic mass is 16.7. The lowest BCUT2D eigenvalue weighted by Gasteiger charge is -2.38. The van der Waals surface area contributed by atoms with Crippen LogP contribution < -0.4 is 18.9 Å². The summed E-state index contributed by atoms with van der Waals surface area (Å²) in [7, 11) is 0. The van der Waals surface area contributed by atoms with E-state index in [1.54, 1.807) is 74.5 Å². The molecule has 10 heteroatoms. The molecule has 0 N–H and O–H groups in total. The summed E-state index contributed by atoms with van der Waals surface area (Å²) in [5.41, 5.74) is 4.12. The van der Waals surface area contributed by atoms with Crippen LogP contribution in [0.5, 0.6) is 23.0 Å². The molecular formula is C46H44O10. The van der Waals surface area contributed by atoms with Crippen molar-refractivity contribution in [1.82, 2.24) is 0 Å². The predicted molar refractivity (Wildman–Crippen MR) is 212 cm³/mol. The summed E-state index contributed by atoms with van der Waals surface area (Å²) in [5.74, 6) is -0.198. The molecule has 56 heavy (non-hydrogen) atoms. The maximum absolute atomic E-state index is 12.6. The molecule has 1 aliphatic carbocycles. The van der Waals surface area contributed by atoms with Gasteiger partial charge in [0.25, 0.3) is 0 Å². The maximum Gasteiger partial charge on any atom is 0.336 e.